The number of hydrogen-bond acceptors (Lipinski definition) is 2. The number of carbonyl (C=O) groups excluding carboxylic acids is 1. The highest BCUT2D eigenvalue weighted by Crippen LogP contribution is 2.24. The first-order valence-corrected chi connectivity index (χ1v) is 6.25. The molecule has 2 rings (SSSR count). The molecule has 3 nitrogen and oxygen atoms in total. The lowest BCUT2D eigenvalue weighted by Gasteiger charge is -2.11. The summed E-state index contributed by atoms with van der Waals surface area (Å²) in [5, 5.41) is 3.90. The molecule has 1 aromatic carbocycles. The van der Waals surface area contributed by atoms with E-state index in [0.29, 0.717) is 15.7 Å². The molecule has 1 fully saturated rings. The normalized spacial score (nSPS) is 20.5. The molecule has 1 aliphatic rings. The Morgan fingerprint density at radius 3 is 2.53 bits per heavy atom. The molecule has 1 heterocycles. The molecule has 0 aliphatic carbocycles. The van der Waals surface area contributed by atoms with Crippen LogP contribution in [0.3, 0.4) is 0 Å². The van der Waals surface area contributed by atoms with Gasteiger partial charge in [-0.25, -0.2) is 0 Å². The summed E-state index contributed by atoms with van der Waals surface area (Å²) in [4.78, 5) is 14.1. The second-order valence-electron chi connectivity index (χ2n) is 4.40. The van der Waals surface area contributed by atoms with Crippen LogP contribution in [-0.2, 0) is 4.79 Å². The molecule has 17 heavy (non-hydrogen) atoms. The zero-order chi connectivity index (χ0) is 12.4. The first-order valence-electron chi connectivity index (χ1n) is 5.50. The third-order valence-electron chi connectivity index (χ3n) is 2.89. The Morgan fingerprint density at radius 2 is 2.00 bits per heavy atom. The molecule has 1 unspecified atom stereocenters. The highest BCUT2D eigenvalue weighted by molar-refractivity contribution is 6.35. The molecule has 1 saturated heterocycles. The molecular formula is C12H14Cl2N2O. The van der Waals surface area contributed by atoms with Crippen LogP contribution < -0.4 is 5.32 Å². The van der Waals surface area contributed by atoms with Crippen LogP contribution in [-0.4, -0.2) is 30.9 Å². The van der Waals surface area contributed by atoms with Gasteiger partial charge in [-0.05, 0) is 38.2 Å². The number of nitrogens with one attached hydrogen (secondary N) is 1. The van der Waals surface area contributed by atoms with Crippen molar-refractivity contribution in [2.45, 2.75) is 6.42 Å². The van der Waals surface area contributed by atoms with Gasteiger partial charge in [0.05, 0.1) is 5.92 Å². The van der Waals surface area contributed by atoms with E-state index in [0.717, 1.165) is 19.5 Å². The van der Waals surface area contributed by atoms with Crippen LogP contribution in [0.4, 0.5) is 5.69 Å². The van der Waals surface area contributed by atoms with E-state index in [2.05, 4.69) is 10.2 Å². The fraction of sp³-hybridized carbons (Fsp3) is 0.417. The highest BCUT2D eigenvalue weighted by Gasteiger charge is 2.26. The van der Waals surface area contributed by atoms with E-state index < -0.39 is 0 Å². The van der Waals surface area contributed by atoms with E-state index in [-0.39, 0.29) is 11.8 Å². The number of hydrogen-bond donors (Lipinski definition) is 1. The Morgan fingerprint density at radius 1 is 1.35 bits per heavy atom. The van der Waals surface area contributed by atoms with Crippen LogP contribution in [0, 0.1) is 5.92 Å². The number of halogens is 2. The van der Waals surface area contributed by atoms with Crippen LogP contribution in [0.15, 0.2) is 18.2 Å². The molecule has 92 valence electrons. The molecule has 0 bridgehead atoms. The number of likely N-dealkylation sites (tertiary alicyclic amines) is 1. The van der Waals surface area contributed by atoms with E-state index >= 15 is 0 Å². The van der Waals surface area contributed by atoms with Crippen LogP contribution in [0.1, 0.15) is 6.42 Å². The summed E-state index contributed by atoms with van der Waals surface area (Å²) < 4.78 is 0. The van der Waals surface area contributed by atoms with E-state index in [1.807, 2.05) is 7.05 Å². The van der Waals surface area contributed by atoms with Crippen LogP contribution in [0.25, 0.3) is 0 Å². The zero-order valence-electron chi connectivity index (χ0n) is 9.54. The average molecular weight is 273 g/mol. The third kappa shape index (κ3) is 3.35. The molecule has 0 saturated carbocycles. The molecule has 1 aromatic rings. The summed E-state index contributed by atoms with van der Waals surface area (Å²) in [5.74, 6) is 0.0884. The highest BCUT2D eigenvalue weighted by atomic mass is 35.5. The molecule has 5 heteroatoms. The van der Waals surface area contributed by atoms with Crippen LogP contribution in [0.2, 0.25) is 10.0 Å². The van der Waals surface area contributed by atoms with Crippen LogP contribution >= 0.6 is 23.2 Å². The van der Waals surface area contributed by atoms with Gasteiger partial charge in [-0.1, -0.05) is 23.2 Å². The van der Waals surface area contributed by atoms with Gasteiger partial charge in [0.15, 0.2) is 0 Å². The minimum absolute atomic E-state index is 0.0349. The lowest BCUT2D eigenvalue weighted by Crippen LogP contribution is -2.25. The van der Waals surface area contributed by atoms with Crippen molar-refractivity contribution in [1.82, 2.24) is 4.90 Å². The topological polar surface area (TPSA) is 32.3 Å². The second-order valence-corrected chi connectivity index (χ2v) is 5.27. The molecular weight excluding hydrogens is 259 g/mol. The van der Waals surface area contributed by atoms with Crippen molar-refractivity contribution in [3.05, 3.63) is 28.2 Å². The molecule has 0 radical (unpaired) electrons. The summed E-state index contributed by atoms with van der Waals surface area (Å²) >= 11 is 11.7. The van der Waals surface area contributed by atoms with Crippen molar-refractivity contribution < 1.29 is 4.79 Å². The van der Waals surface area contributed by atoms with Crippen molar-refractivity contribution in [2.24, 2.45) is 5.92 Å². The maximum absolute atomic E-state index is 12.0. The van der Waals surface area contributed by atoms with Crippen molar-refractivity contribution in [1.29, 1.82) is 0 Å². The largest absolute Gasteiger partial charge is 0.326 e. The van der Waals surface area contributed by atoms with Gasteiger partial charge in [0, 0.05) is 22.3 Å². The van der Waals surface area contributed by atoms with Crippen molar-refractivity contribution in [2.75, 3.05) is 25.5 Å². The molecule has 0 spiro atoms. The van der Waals surface area contributed by atoms with E-state index in [9.17, 15) is 4.79 Å². The Balaban J connectivity index is 2.03. The Labute approximate surface area is 111 Å². The average Bonchev–Trinajstić information content (AvgIpc) is 2.63. The monoisotopic (exact) mass is 272 g/mol. The fourth-order valence-corrected chi connectivity index (χ4v) is 2.55. The number of benzene rings is 1. The van der Waals surface area contributed by atoms with E-state index in [1.54, 1.807) is 18.2 Å². The lowest BCUT2D eigenvalue weighted by atomic mass is 10.1. The van der Waals surface area contributed by atoms with Gasteiger partial charge in [0.2, 0.25) is 5.91 Å². The first kappa shape index (κ1) is 12.7. The molecule has 1 atom stereocenters. The van der Waals surface area contributed by atoms with Gasteiger partial charge in [0.25, 0.3) is 0 Å². The predicted molar refractivity (Wildman–Crippen MR) is 70.7 cm³/mol. The summed E-state index contributed by atoms with van der Waals surface area (Å²) in [6, 6.07) is 5.04. The van der Waals surface area contributed by atoms with Gasteiger partial charge < -0.3 is 10.2 Å². The standard InChI is InChI=1S/C12H14Cl2N2O/c1-16-3-2-8(7-16)12(17)15-11-5-9(13)4-10(14)6-11/h4-6,8H,2-3,7H2,1H3,(H,15,17). The number of carbonyl (C=O) groups is 1. The van der Waals surface area contributed by atoms with Crippen molar-refractivity contribution in [3.8, 4) is 0 Å². The Hall–Kier alpha value is -0.770. The number of anilines is 1. The molecule has 1 amide bonds. The molecule has 0 aromatic heterocycles. The Bertz CT molecular complexity index is 416. The molecule has 1 aliphatic heterocycles. The van der Waals surface area contributed by atoms with Gasteiger partial charge in [-0.15, -0.1) is 0 Å². The van der Waals surface area contributed by atoms with E-state index in [1.165, 1.54) is 0 Å². The number of rotatable bonds is 2. The second kappa shape index (κ2) is 5.25. The quantitative estimate of drug-likeness (QED) is 0.898. The summed E-state index contributed by atoms with van der Waals surface area (Å²) in [6.45, 7) is 1.77. The van der Waals surface area contributed by atoms with Gasteiger partial charge in [-0.2, -0.15) is 0 Å². The predicted octanol–water partition coefficient (Wildman–Crippen LogP) is 2.88. The fourth-order valence-electron chi connectivity index (χ4n) is 2.02. The van der Waals surface area contributed by atoms with Gasteiger partial charge >= 0.3 is 0 Å². The maximum atomic E-state index is 12.0. The minimum Gasteiger partial charge on any atom is -0.326 e. The minimum atomic E-state index is 0.0349. The lowest BCUT2D eigenvalue weighted by molar-refractivity contribution is -0.119. The van der Waals surface area contributed by atoms with Crippen LogP contribution in [0.5, 0.6) is 0 Å². The SMILES string of the molecule is CN1CCC(C(=O)Nc2cc(Cl)cc(Cl)c2)C1. The third-order valence-corrected chi connectivity index (χ3v) is 3.33. The Kier molecular flexibility index (Phi) is 3.92. The number of amides is 1. The van der Waals surface area contributed by atoms with Crippen molar-refractivity contribution in [3.63, 3.8) is 0 Å². The van der Waals surface area contributed by atoms with Crippen molar-refractivity contribution >= 4 is 34.8 Å². The molecule has 1 N–H and O–H groups in total. The van der Waals surface area contributed by atoms with Gasteiger partial charge in [0.1, 0.15) is 0 Å². The maximum Gasteiger partial charge on any atom is 0.228 e. The first-order chi connectivity index (χ1) is 8.04. The smallest absolute Gasteiger partial charge is 0.228 e. The van der Waals surface area contributed by atoms with Gasteiger partial charge in [-0.3, -0.25) is 4.79 Å². The summed E-state index contributed by atoms with van der Waals surface area (Å²) in [6.07, 6.45) is 0.899. The summed E-state index contributed by atoms with van der Waals surface area (Å²) in [7, 11) is 2.02. The van der Waals surface area contributed by atoms with E-state index in [4.69, 9.17) is 23.2 Å². The summed E-state index contributed by atoms with van der Waals surface area (Å²) in [5.41, 5.74) is 0.655. The number of nitrogens with zero attached hydrogens (tertiary/aromatic N) is 1. The zero-order valence-corrected chi connectivity index (χ0v) is 11.1.